The quantitative estimate of drug-likeness (QED) is 0.755. The van der Waals surface area contributed by atoms with E-state index in [0.29, 0.717) is 0 Å². The van der Waals surface area contributed by atoms with Gasteiger partial charge in [0, 0.05) is 25.8 Å². The van der Waals surface area contributed by atoms with Crippen molar-refractivity contribution in [3.05, 3.63) is 24.4 Å². The van der Waals surface area contributed by atoms with Gasteiger partial charge in [-0.1, -0.05) is 12.5 Å². The van der Waals surface area contributed by atoms with E-state index in [9.17, 15) is 0 Å². The van der Waals surface area contributed by atoms with Gasteiger partial charge in [-0.2, -0.15) is 0 Å². The predicted octanol–water partition coefficient (Wildman–Crippen LogP) is 2.31. The van der Waals surface area contributed by atoms with Crippen LogP contribution in [0.25, 0.3) is 0 Å². The molecule has 0 bridgehead atoms. The molecule has 0 saturated carbocycles. The molecule has 1 aliphatic rings. The standard InChI is InChI=1S/C12H19N3/c1-2-15(12-8-4-5-9-13-12)14-10-6-3-7-11-14/h4-5,8-9H,2-3,6-7,10-11H2,1H3. The maximum Gasteiger partial charge on any atom is 0.142 e. The molecular formula is C12H19N3. The van der Waals surface area contributed by atoms with Crippen LogP contribution in [0.5, 0.6) is 0 Å². The second-order valence-electron chi connectivity index (χ2n) is 3.92. The molecular weight excluding hydrogens is 186 g/mol. The van der Waals surface area contributed by atoms with Crippen molar-refractivity contribution >= 4 is 5.82 Å². The van der Waals surface area contributed by atoms with Crippen LogP contribution in [0.3, 0.4) is 0 Å². The second-order valence-corrected chi connectivity index (χ2v) is 3.92. The molecule has 0 unspecified atom stereocenters. The number of rotatable bonds is 3. The minimum atomic E-state index is 0.997. The van der Waals surface area contributed by atoms with Gasteiger partial charge < -0.3 is 0 Å². The molecule has 0 aromatic carbocycles. The summed E-state index contributed by atoms with van der Waals surface area (Å²) in [5.74, 6) is 1.07. The summed E-state index contributed by atoms with van der Waals surface area (Å²) in [4.78, 5) is 4.41. The summed E-state index contributed by atoms with van der Waals surface area (Å²) in [5, 5.41) is 4.71. The molecule has 0 N–H and O–H groups in total. The fourth-order valence-corrected chi connectivity index (χ4v) is 2.13. The van der Waals surface area contributed by atoms with Gasteiger partial charge in [0.2, 0.25) is 0 Å². The zero-order chi connectivity index (χ0) is 10.5. The molecule has 0 spiro atoms. The lowest BCUT2D eigenvalue weighted by atomic mass is 10.2. The van der Waals surface area contributed by atoms with E-state index in [-0.39, 0.29) is 0 Å². The van der Waals surface area contributed by atoms with E-state index in [0.717, 1.165) is 12.4 Å². The van der Waals surface area contributed by atoms with Crippen molar-refractivity contribution in [3.63, 3.8) is 0 Å². The molecule has 3 nitrogen and oxygen atoms in total. The highest BCUT2D eigenvalue weighted by molar-refractivity contribution is 5.35. The average Bonchev–Trinajstić information content (AvgIpc) is 2.33. The fraction of sp³-hybridized carbons (Fsp3) is 0.583. The molecule has 82 valence electrons. The third-order valence-corrected chi connectivity index (χ3v) is 2.89. The topological polar surface area (TPSA) is 19.4 Å². The highest BCUT2D eigenvalue weighted by Gasteiger charge is 2.17. The van der Waals surface area contributed by atoms with Crippen LogP contribution in [0.2, 0.25) is 0 Å². The first-order valence-corrected chi connectivity index (χ1v) is 5.85. The molecule has 0 amide bonds. The third-order valence-electron chi connectivity index (χ3n) is 2.89. The van der Waals surface area contributed by atoms with Crippen LogP contribution in [-0.2, 0) is 0 Å². The van der Waals surface area contributed by atoms with Crippen molar-refractivity contribution in [2.24, 2.45) is 0 Å². The van der Waals surface area contributed by atoms with Gasteiger partial charge in [0.25, 0.3) is 0 Å². The predicted molar refractivity (Wildman–Crippen MR) is 62.7 cm³/mol. The number of piperidine rings is 1. The Bertz CT molecular complexity index is 280. The first-order chi connectivity index (χ1) is 7.42. The average molecular weight is 205 g/mol. The summed E-state index contributed by atoms with van der Waals surface area (Å²) in [6.45, 7) is 5.52. The van der Waals surface area contributed by atoms with Crippen molar-refractivity contribution in [2.75, 3.05) is 24.6 Å². The molecule has 1 aliphatic heterocycles. The van der Waals surface area contributed by atoms with Gasteiger partial charge in [-0.3, -0.25) is 5.01 Å². The van der Waals surface area contributed by atoms with E-state index in [1.54, 1.807) is 0 Å². The van der Waals surface area contributed by atoms with E-state index in [1.165, 1.54) is 32.4 Å². The largest absolute Gasteiger partial charge is 0.290 e. The fourth-order valence-electron chi connectivity index (χ4n) is 2.13. The van der Waals surface area contributed by atoms with Crippen molar-refractivity contribution in [2.45, 2.75) is 26.2 Å². The summed E-state index contributed by atoms with van der Waals surface area (Å²) in [5.41, 5.74) is 0. The van der Waals surface area contributed by atoms with Gasteiger partial charge >= 0.3 is 0 Å². The molecule has 2 heterocycles. The molecule has 0 aliphatic carbocycles. The van der Waals surface area contributed by atoms with Gasteiger partial charge in [0.15, 0.2) is 0 Å². The summed E-state index contributed by atoms with van der Waals surface area (Å²) in [7, 11) is 0. The van der Waals surface area contributed by atoms with Gasteiger partial charge in [-0.25, -0.2) is 9.99 Å². The lowest BCUT2D eigenvalue weighted by Gasteiger charge is -2.37. The normalized spacial score (nSPS) is 17.7. The van der Waals surface area contributed by atoms with Crippen molar-refractivity contribution in [3.8, 4) is 0 Å². The molecule has 1 saturated heterocycles. The van der Waals surface area contributed by atoms with Crippen LogP contribution < -0.4 is 5.01 Å². The maximum absolute atomic E-state index is 4.41. The van der Waals surface area contributed by atoms with Gasteiger partial charge in [-0.15, -0.1) is 0 Å². The number of hydrazine groups is 1. The summed E-state index contributed by atoms with van der Waals surface area (Å²) in [6.07, 6.45) is 5.85. The van der Waals surface area contributed by atoms with Crippen molar-refractivity contribution in [1.82, 2.24) is 9.99 Å². The van der Waals surface area contributed by atoms with Gasteiger partial charge in [0.1, 0.15) is 5.82 Å². The first kappa shape index (κ1) is 10.4. The maximum atomic E-state index is 4.41. The zero-order valence-electron chi connectivity index (χ0n) is 9.39. The van der Waals surface area contributed by atoms with Crippen LogP contribution >= 0.6 is 0 Å². The van der Waals surface area contributed by atoms with E-state index < -0.39 is 0 Å². The molecule has 2 rings (SSSR count). The monoisotopic (exact) mass is 205 g/mol. The van der Waals surface area contributed by atoms with Crippen LogP contribution in [0.15, 0.2) is 24.4 Å². The zero-order valence-corrected chi connectivity index (χ0v) is 9.39. The number of nitrogens with zero attached hydrogens (tertiary/aromatic N) is 3. The van der Waals surface area contributed by atoms with Crippen molar-refractivity contribution < 1.29 is 0 Å². The van der Waals surface area contributed by atoms with Crippen LogP contribution in [0.1, 0.15) is 26.2 Å². The number of aromatic nitrogens is 1. The minimum absolute atomic E-state index is 0.997. The Morgan fingerprint density at radius 1 is 1.27 bits per heavy atom. The number of pyridine rings is 1. The van der Waals surface area contributed by atoms with Crippen LogP contribution in [0, 0.1) is 0 Å². The number of anilines is 1. The van der Waals surface area contributed by atoms with E-state index in [2.05, 4.69) is 34.1 Å². The van der Waals surface area contributed by atoms with Gasteiger partial charge in [0.05, 0.1) is 0 Å². The molecule has 15 heavy (non-hydrogen) atoms. The molecule has 1 aromatic heterocycles. The van der Waals surface area contributed by atoms with Crippen molar-refractivity contribution in [1.29, 1.82) is 0 Å². The van der Waals surface area contributed by atoms with E-state index in [4.69, 9.17) is 0 Å². The Balaban J connectivity index is 2.09. The molecule has 0 atom stereocenters. The van der Waals surface area contributed by atoms with Crippen LogP contribution in [0.4, 0.5) is 5.82 Å². The smallest absolute Gasteiger partial charge is 0.142 e. The summed E-state index contributed by atoms with van der Waals surface area (Å²) in [6, 6.07) is 6.10. The van der Waals surface area contributed by atoms with Gasteiger partial charge in [-0.05, 0) is 31.9 Å². The Labute approximate surface area is 91.7 Å². The Kier molecular flexibility index (Phi) is 3.56. The lowest BCUT2D eigenvalue weighted by Crippen LogP contribution is -2.46. The molecule has 1 aromatic rings. The number of hydrogen-bond acceptors (Lipinski definition) is 3. The van der Waals surface area contributed by atoms with Crippen LogP contribution in [-0.4, -0.2) is 29.6 Å². The Morgan fingerprint density at radius 3 is 2.67 bits per heavy atom. The lowest BCUT2D eigenvalue weighted by molar-refractivity contribution is 0.209. The van der Waals surface area contributed by atoms with E-state index >= 15 is 0 Å². The highest BCUT2D eigenvalue weighted by Crippen LogP contribution is 2.17. The summed E-state index contributed by atoms with van der Waals surface area (Å²) >= 11 is 0. The highest BCUT2D eigenvalue weighted by atomic mass is 15.6. The Morgan fingerprint density at radius 2 is 2.07 bits per heavy atom. The molecule has 0 radical (unpaired) electrons. The third kappa shape index (κ3) is 2.48. The minimum Gasteiger partial charge on any atom is -0.290 e. The SMILES string of the molecule is CCN(c1ccccn1)N1CCCCC1. The first-order valence-electron chi connectivity index (χ1n) is 5.85. The molecule has 1 fully saturated rings. The van der Waals surface area contributed by atoms with E-state index in [1.807, 2.05) is 12.3 Å². The summed E-state index contributed by atoms with van der Waals surface area (Å²) < 4.78 is 0. The number of hydrogen-bond donors (Lipinski definition) is 0. The molecule has 3 heteroatoms. The second kappa shape index (κ2) is 5.12. The Hall–Kier alpha value is -1.09.